The maximum Gasteiger partial charge on any atom is 0.183 e. The number of hydrogen-bond donors (Lipinski definition) is 1. The van der Waals surface area contributed by atoms with Crippen LogP contribution < -0.4 is 5.32 Å². The molecule has 1 aromatic heterocycles. The average molecular weight is 275 g/mol. The smallest absolute Gasteiger partial charge is 0.183 e. The number of likely N-dealkylation sites (tertiary alicyclic amines) is 1. The van der Waals surface area contributed by atoms with E-state index in [4.69, 9.17) is 0 Å². The van der Waals surface area contributed by atoms with Crippen molar-refractivity contribution in [1.29, 1.82) is 0 Å². The minimum Gasteiger partial charge on any atom is -0.361 e. The van der Waals surface area contributed by atoms with Crippen LogP contribution in [0.1, 0.15) is 20.3 Å². The van der Waals surface area contributed by atoms with Crippen molar-refractivity contribution in [1.82, 2.24) is 9.88 Å². The second-order valence-electron chi connectivity index (χ2n) is 5.61. The Morgan fingerprint density at radius 1 is 1.42 bits per heavy atom. The zero-order valence-electron chi connectivity index (χ0n) is 11.6. The third-order valence-electron chi connectivity index (χ3n) is 3.88. The number of anilines is 1. The van der Waals surface area contributed by atoms with E-state index in [-0.39, 0.29) is 0 Å². The van der Waals surface area contributed by atoms with E-state index in [9.17, 15) is 0 Å². The van der Waals surface area contributed by atoms with Crippen LogP contribution in [0.5, 0.6) is 0 Å². The summed E-state index contributed by atoms with van der Waals surface area (Å²) in [6.07, 6.45) is 1.30. The first-order chi connectivity index (χ1) is 9.22. The summed E-state index contributed by atoms with van der Waals surface area (Å²) in [6, 6.07) is 9.00. The molecule has 1 fully saturated rings. The largest absolute Gasteiger partial charge is 0.361 e. The van der Waals surface area contributed by atoms with E-state index in [1.807, 2.05) is 6.07 Å². The van der Waals surface area contributed by atoms with Crippen LogP contribution in [0.15, 0.2) is 24.3 Å². The summed E-state index contributed by atoms with van der Waals surface area (Å²) in [7, 11) is 0. The van der Waals surface area contributed by atoms with Gasteiger partial charge < -0.3 is 10.2 Å². The molecule has 102 valence electrons. The Hall–Kier alpha value is -1.13. The van der Waals surface area contributed by atoms with Gasteiger partial charge in [0.25, 0.3) is 0 Å². The molecule has 0 radical (unpaired) electrons. The SMILES string of the molecule is CC(C)N1CCC(CNc2nc3ccccc3s2)C1. The lowest BCUT2D eigenvalue weighted by Crippen LogP contribution is -2.29. The Kier molecular flexibility index (Phi) is 3.71. The molecule has 0 amide bonds. The van der Waals surface area contributed by atoms with Crippen molar-refractivity contribution in [2.24, 2.45) is 5.92 Å². The van der Waals surface area contributed by atoms with Gasteiger partial charge in [0.15, 0.2) is 5.13 Å². The molecule has 4 heteroatoms. The monoisotopic (exact) mass is 275 g/mol. The summed E-state index contributed by atoms with van der Waals surface area (Å²) in [5.74, 6) is 0.759. The Bertz CT molecular complexity index is 516. The topological polar surface area (TPSA) is 28.2 Å². The van der Waals surface area contributed by atoms with Gasteiger partial charge in [0.05, 0.1) is 10.2 Å². The molecule has 2 heterocycles. The number of thiazole rings is 1. The van der Waals surface area contributed by atoms with E-state index in [1.165, 1.54) is 24.2 Å². The number of aromatic nitrogens is 1. The fraction of sp³-hybridized carbons (Fsp3) is 0.533. The fourth-order valence-electron chi connectivity index (χ4n) is 2.68. The number of fused-ring (bicyclic) bond motifs is 1. The molecule has 0 aliphatic carbocycles. The van der Waals surface area contributed by atoms with Gasteiger partial charge >= 0.3 is 0 Å². The van der Waals surface area contributed by atoms with Crippen LogP contribution in [0.3, 0.4) is 0 Å². The van der Waals surface area contributed by atoms with Crippen LogP contribution in [0.25, 0.3) is 10.2 Å². The van der Waals surface area contributed by atoms with Gasteiger partial charge in [-0.15, -0.1) is 0 Å². The van der Waals surface area contributed by atoms with Gasteiger partial charge in [0, 0.05) is 19.1 Å². The maximum atomic E-state index is 4.62. The molecule has 1 aromatic carbocycles. The van der Waals surface area contributed by atoms with Crippen molar-refractivity contribution in [3.63, 3.8) is 0 Å². The van der Waals surface area contributed by atoms with Gasteiger partial charge in [-0.3, -0.25) is 0 Å². The van der Waals surface area contributed by atoms with Crippen molar-refractivity contribution < 1.29 is 0 Å². The zero-order valence-corrected chi connectivity index (χ0v) is 12.4. The van der Waals surface area contributed by atoms with Gasteiger partial charge in [-0.1, -0.05) is 23.5 Å². The van der Waals surface area contributed by atoms with E-state index in [0.29, 0.717) is 6.04 Å². The third kappa shape index (κ3) is 2.90. The molecule has 0 saturated carbocycles. The molecule has 0 spiro atoms. The summed E-state index contributed by atoms with van der Waals surface area (Å²) in [4.78, 5) is 7.18. The quantitative estimate of drug-likeness (QED) is 0.926. The van der Waals surface area contributed by atoms with Crippen molar-refractivity contribution in [3.8, 4) is 0 Å². The first kappa shape index (κ1) is 12.9. The van der Waals surface area contributed by atoms with Crippen LogP contribution in [0.2, 0.25) is 0 Å². The molecule has 1 N–H and O–H groups in total. The van der Waals surface area contributed by atoms with E-state index in [0.717, 1.165) is 23.1 Å². The molecular weight excluding hydrogens is 254 g/mol. The van der Waals surface area contributed by atoms with Gasteiger partial charge in [0.2, 0.25) is 0 Å². The highest BCUT2D eigenvalue weighted by atomic mass is 32.1. The van der Waals surface area contributed by atoms with Crippen LogP contribution in [-0.4, -0.2) is 35.6 Å². The lowest BCUT2D eigenvalue weighted by molar-refractivity contribution is 0.266. The number of hydrogen-bond acceptors (Lipinski definition) is 4. The standard InChI is InChI=1S/C15H21N3S/c1-11(2)18-8-7-12(10-18)9-16-15-17-13-5-3-4-6-14(13)19-15/h3-6,11-12H,7-10H2,1-2H3,(H,16,17). The lowest BCUT2D eigenvalue weighted by Gasteiger charge is -2.20. The van der Waals surface area contributed by atoms with Gasteiger partial charge in [-0.05, 0) is 44.9 Å². The van der Waals surface area contributed by atoms with Crippen molar-refractivity contribution in [2.45, 2.75) is 26.3 Å². The summed E-state index contributed by atoms with van der Waals surface area (Å²) in [6.45, 7) is 8.06. The van der Waals surface area contributed by atoms with Gasteiger partial charge in [-0.2, -0.15) is 0 Å². The average Bonchev–Trinajstić information content (AvgIpc) is 3.02. The lowest BCUT2D eigenvalue weighted by atomic mass is 10.1. The predicted octanol–water partition coefficient (Wildman–Crippen LogP) is 3.44. The van der Waals surface area contributed by atoms with Crippen LogP contribution >= 0.6 is 11.3 Å². The Balaban J connectivity index is 1.58. The zero-order chi connectivity index (χ0) is 13.2. The number of rotatable bonds is 4. The highest BCUT2D eigenvalue weighted by Gasteiger charge is 2.23. The van der Waals surface area contributed by atoms with Crippen LogP contribution in [0.4, 0.5) is 5.13 Å². The van der Waals surface area contributed by atoms with Crippen molar-refractivity contribution in [3.05, 3.63) is 24.3 Å². The molecular formula is C15H21N3S. The molecule has 3 nitrogen and oxygen atoms in total. The first-order valence-electron chi connectivity index (χ1n) is 7.06. The molecule has 1 aliphatic rings. The highest BCUT2D eigenvalue weighted by molar-refractivity contribution is 7.22. The summed E-state index contributed by atoms with van der Waals surface area (Å²) in [5.41, 5.74) is 1.10. The Morgan fingerprint density at radius 2 is 2.26 bits per heavy atom. The fourth-order valence-corrected chi connectivity index (χ4v) is 3.55. The Morgan fingerprint density at radius 3 is 3.00 bits per heavy atom. The molecule has 3 rings (SSSR count). The molecule has 1 unspecified atom stereocenters. The highest BCUT2D eigenvalue weighted by Crippen LogP contribution is 2.26. The van der Waals surface area contributed by atoms with Crippen molar-refractivity contribution in [2.75, 3.05) is 25.0 Å². The third-order valence-corrected chi connectivity index (χ3v) is 4.88. The molecule has 1 saturated heterocycles. The molecule has 1 aliphatic heterocycles. The van der Waals surface area contributed by atoms with E-state index in [2.05, 4.69) is 47.2 Å². The second-order valence-corrected chi connectivity index (χ2v) is 6.64. The molecule has 0 bridgehead atoms. The van der Waals surface area contributed by atoms with Gasteiger partial charge in [-0.25, -0.2) is 4.98 Å². The second kappa shape index (κ2) is 5.47. The van der Waals surface area contributed by atoms with E-state index in [1.54, 1.807) is 11.3 Å². The van der Waals surface area contributed by atoms with Gasteiger partial charge in [0.1, 0.15) is 0 Å². The van der Waals surface area contributed by atoms with Crippen LogP contribution in [-0.2, 0) is 0 Å². The maximum absolute atomic E-state index is 4.62. The number of nitrogens with one attached hydrogen (secondary N) is 1. The summed E-state index contributed by atoms with van der Waals surface area (Å²) < 4.78 is 1.26. The van der Waals surface area contributed by atoms with E-state index >= 15 is 0 Å². The minimum atomic E-state index is 0.674. The van der Waals surface area contributed by atoms with E-state index < -0.39 is 0 Å². The number of benzene rings is 1. The predicted molar refractivity (Wildman–Crippen MR) is 82.9 cm³/mol. The molecule has 19 heavy (non-hydrogen) atoms. The van der Waals surface area contributed by atoms with Crippen molar-refractivity contribution >= 4 is 26.7 Å². The summed E-state index contributed by atoms with van der Waals surface area (Å²) >= 11 is 1.75. The number of para-hydroxylation sites is 1. The Labute approximate surface area is 118 Å². The minimum absolute atomic E-state index is 0.674. The molecule has 2 aromatic rings. The normalized spacial score (nSPS) is 20.5. The first-order valence-corrected chi connectivity index (χ1v) is 7.87. The number of nitrogens with zero attached hydrogens (tertiary/aromatic N) is 2. The van der Waals surface area contributed by atoms with Crippen LogP contribution in [0, 0.1) is 5.92 Å². The summed E-state index contributed by atoms with van der Waals surface area (Å²) in [5, 5.41) is 4.58. The molecule has 1 atom stereocenters.